The number of aryl methyl sites for hydroxylation is 1. The Hall–Kier alpha value is -1.90. The third kappa shape index (κ3) is 2.00. The van der Waals surface area contributed by atoms with E-state index in [0.717, 1.165) is 5.56 Å². The Bertz CT molecular complexity index is 567. The van der Waals surface area contributed by atoms with Crippen LogP contribution in [0.15, 0.2) is 30.3 Å². The van der Waals surface area contributed by atoms with Gasteiger partial charge in [0.2, 0.25) is 5.78 Å². The van der Waals surface area contributed by atoms with Crippen LogP contribution in [-0.2, 0) is 7.05 Å². The number of carbonyl (C=O) groups excluding carboxylic acids is 1. The van der Waals surface area contributed by atoms with Gasteiger partial charge in [-0.05, 0) is 13.8 Å². The van der Waals surface area contributed by atoms with Crippen molar-refractivity contribution in [1.29, 1.82) is 0 Å². The van der Waals surface area contributed by atoms with Gasteiger partial charge in [0.15, 0.2) is 0 Å². The first-order chi connectivity index (χ1) is 8.00. The Morgan fingerprint density at radius 1 is 1.18 bits per heavy atom. The number of aromatic nitrogens is 1. The first-order valence-electron chi connectivity index (χ1n) is 5.44. The van der Waals surface area contributed by atoms with Crippen molar-refractivity contribution in [2.45, 2.75) is 13.8 Å². The molecule has 2 aromatic rings. The second kappa shape index (κ2) is 4.17. The van der Waals surface area contributed by atoms with Crippen LogP contribution in [0.3, 0.4) is 0 Å². The van der Waals surface area contributed by atoms with Gasteiger partial charge in [0.05, 0.1) is 11.4 Å². The molecule has 0 spiro atoms. The third-order valence-corrected chi connectivity index (χ3v) is 3.02. The Labute approximate surface area is 99.7 Å². The van der Waals surface area contributed by atoms with Gasteiger partial charge in [0.1, 0.15) is 5.82 Å². The van der Waals surface area contributed by atoms with E-state index >= 15 is 0 Å². The third-order valence-electron chi connectivity index (χ3n) is 3.02. The molecule has 2 nitrogen and oxygen atoms in total. The molecule has 0 aliphatic carbocycles. The molecule has 0 aliphatic heterocycles. The van der Waals surface area contributed by atoms with Gasteiger partial charge >= 0.3 is 0 Å². The Morgan fingerprint density at radius 2 is 1.76 bits per heavy atom. The van der Waals surface area contributed by atoms with E-state index in [-0.39, 0.29) is 11.6 Å². The molecular weight excluding hydrogens is 217 g/mol. The highest BCUT2D eigenvalue weighted by Crippen LogP contribution is 2.16. The maximum Gasteiger partial charge on any atom is 0.209 e. The van der Waals surface area contributed by atoms with Crippen molar-refractivity contribution in [3.63, 3.8) is 0 Å². The standard InChI is InChI=1S/C14H14FNO/c1-9-4-6-11(7-5-9)14(17)13-8-12(15)10(2)16(13)3/h4-8H,1-3H3. The minimum atomic E-state index is -0.344. The van der Waals surface area contributed by atoms with Gasteiger partial charge < -0.3 is 4.57 Å². The number of rotatable bonds is 2. The number of hydrogen-bond acceptors (Lipinski definition) is 1. The average molecular weight is 231 g/mol. The highest BCUT2D eigenvalue weighted by Gasteiger charge is 2.16. The summed E-state index contributed by atoms with van der Waals surface area (Å²) in [6.07, 6.45) is 0. The summed E-state index contributed by atoms with van der Waals surface area (Å²) in [7, 11) is 1.69. The van der Waals surface area contributed by atoms with Gasteiger partial charge in [-0.2, -0.15) is 0 Å². The topological polar surface area (TPSA) is 22.0 Å². The predicted octanol–water partition coefficient (Wildman–Crippen LogP) is 3.01. The van der Waals surface area contributed by atoms with Gasteiger partial charge in [0.25, 0.3) is 0 Å². The number of hydrogen-bond donors (Lipinski definition) is 0. The second-order valence-corrected chi connectivity index (χ2v) is 4.22. The van der Waals surface area contributed by atoms with Crippen molar-refractivity contribution in [2.24, 2.45) is 7.05 Å². The minimum absolute atomic E-state index is 0.153. The van der Waals surface area contributed by atoms with Crippen LogP contribution in [0, 0.1) is 19.7 Å². The normalized spacial score (nSPS) is 10.6. The van der Waals surface area contributed by atoms with Gasteiger partial charge in [-0.15, -0.1) is 0 Å². The lowest BCUT2D eigenvalue weighted by molar-refractivity contribution is 0.103. The van der Waals surface area contributed by atoms with Crippen LogP contribution in [-0.4, -0.2) is 10.4 Å². The summed E-state index contributed by atoms with van der Waals surface area (Å²) in [6, 6.07) is 8.56. The lowest BCUT2D eigenvalue weighted by atomic mass is 10.1. The summed E-state index contributed by atoms with van der Waals surface area (Å²) >= 11 is 0. The summed E-state index contributed by atoms with van der Waals surface area (Å²) in [5.74, 6) is -0.498. The molecule has 0 amide bonds. The molecule has 1 aromatic heterocycles. The first-order valence-corrected chi connectivity index (χ1v) is 5.44. The Balaban J connectivity index is 2.44. The number of carbonyl (C=O) groups is 1. The lowest BCUT2D eigenvalue weighted by Crippen LogP contribution is -2.08. The highest BCUT2D eigenvalue weighted by molar-refractivity contribution is 6.08. The van der Waals surface area contributed by atoms with E-state index in [1.807, 2.05) is 19.1 Å². The molecule has 3 heteroatoms. The van der Waals surface area contributed by atoms with Crippen molar-refractivity contribution in [2.75, 3.05) is 0 Å². The van der Waals surface area contributed by atoms with Crippen LogP contribution in [0.25, 0.3) is 0 Å². The predicted molar refractivity (Wildman–Crippen MR) is 64.7 cm³/mol. The summed E-state index contributed by atoms with van der Waals surface area (Å²) in [5, 5.41) is 0. The minimum Gasteiger partial charge on any atom is -0.343 e. The molecule has 17 heavy (non-hydrogen) atoms. The quantitative estimate of drug-likeness (QED) is 0.728. The van der Waals surface area contributed by atoms with Gasteiger partial charge in [0, 0.05) is 18.7 Å². The molecule has 0 fully saturated rings. The average Bonchev–Trinajstić information content (AvgIpc) is 2.57. The van der Waals surface area contributed by atoms with Crippen LogP contribution < -0.4 is 0 Å². The summed E-state index contributed by atoms with van der Waals surface area (Å²) in [4.78, 5) is 12.2. The van der Waals surface area contributed by atoms with Crippen molar-refractivity contribution >= 4 is 5.78 Å². The van der Waals surface area contributed by atoms with Crippen molar-refractivity contribution < 1.29 is 9.18 Å². The van der Waals surface area contributed by atoms with Crippen LogP contribution in [0.4, 0.5) is 4.39 Å². The maximum absolute atomic E-state index is 13.4. The zero-order valence-electron chi connectivity index (χ0n) is 10.1. The lowest BCUT2D eigenvalue weighted by Gasteiger charge is -2.04. The van der Waals surface area contributed by atoms with Crippen LogP contribution in [0.5, 0.6) is 0 Å². The molecule has 0 aliphatic rings. The van der Waals surface area contributed by atoms with E-state index in [2.05, 4.69) is 0 Å². The maximum atomic E-state index is 13.4. The van der Waals surface area contributed by atoms with Gasteiger partial charge in [-0.1, -0.05) is 29.8 Å². The van der Waals surface area contributed by atoms with Crippen LogP contribution >= 0.6 is 0 Å². The molecule has 0 N–H and O–H groups in total. The van der Waals surface area contributed by atoms with Crippen molar-refractivity contribution in [1.82, 2.24) is 4.57 Å². The largest absolute Gasteiger partial charge is 0.343 e. The molecule has 0 unspecified atom stereocenters. The van der Waals surface area contributed by atoms with E-state index < -0.39 is 0 Å². The molecule has 0 bridgehead atoms. The molecule has 1 aromatic carbocycles. The molecule has 88 valence electrons. The Morgan fingerprint density at radius 3 is 2.24 bits per heavy atom. The van der Waals surface area contributed by atoms with Crippen LogP contribution in [0.1, 0.15) is 27.3 Å². The van der Waals surface area contributed by atoms with Gasteiger partial charge in [-0.3, -0.25) is 4.79 Å². The molecule has 0 saturated heterocycles. The zero-order valence-corrected chi connectivity index (χ0v) is 10.1. The molecule has 0 radical (unpaired) electrons. The van der Waals surface area contributed by atoms with Crippen molar-refractivity contribution in [3.05, 3.63) is 58.7 Å². The van der Waals surface area contributed by atoms with Crippen molar-refractivity contribution in [3.8, 4) is 0 Å². The van der Waals surface area contributed by atoms with E-state index in [1.165, 1.54) is 6.07 Å². The van der Waals surface area contributed by atoms with E-state index in [1.54, 1.807) is 30.7 Å². The zero-order chi connectivity index (χ0) is 12.6. The molecule has 2 rings (SSSR count). The smallest absolute Gasteiger partial charge is 0.209 e. The number of benzene rings is 1. The van der Waals surface area contributed by atoms with Crippen LogP contribution in [0.2, 0.25) is 0 Å². The fraction of sp³-hybridized carbons (Fsp3) is 0.214. The fourth-order valence-corrected chi connectivity index (χ4v) is 1.73. The van der Waals surface area contributed by atoms with E-state index in [9.17, 15) is 9.18 Å². The monoisotopic (exact) mass is 231 g/mol. The number of halogens is 1. The summed E-state index contributed by atoms with van der Waals surface area (Å²) in [5.41, 5.74) is 2.52. The Kier molecular flexibility index (Phi) is 2.84. The summed E-state index contributed by atoms with van der Waals surface area (Å²) < 4.78 is 14.9. The highest BCUT2D eigenvalue weighted by atomic mass is 19.1. The second-order valence-electron chi connectivity index (χ2n) is 4.22. The fourth-order valence-electron chi connectivity index (χ4n) is 1.73. The van der Waals surface area contributed by atoms with E-state index in [0.29, 0.717) is 17.0 Å². The number of ketones is 1. The molecular formula is C14H14FNO. The molecule has 0 saturated carbocycles. The van der Waals surface area contributed by atoms with Gasteiger partial charge in [-0.25, -0.2) is 4.39 Å². The number of nitrogens with zero attached hydrogens (tertiary/aromatic N) is 1. The molecule has 0 atom stereocenters. The molecule has 1 heterocycles. The first kappa shape index (κ1) is 11.6. The van der Waals surface area contributed by atoms with E-state index in [4.69, 9.17) is 0 Å². The SMILES string of the molecule is Cc1ccc(C(=O)c2cc(F)c(C)n2C)cc1. The summed E-state index contributed by atoms with van der Waals surface area (Å²) in [6.45, 7) is 3.61.